The summed E-state index contributed by atoms with van der Waals surface area (Å²) in [7, 11) is 0. The first-order valence-corrected chi connectivity index (χ1v) is 7.32. The average molecular weight is 320 g/mol. The lowest BCUT2D eigenvalue weighted by molar-refractivity contribution is 0.454. The molecule has 2 heterocycles. The van der Waals surface area contributed by atoms with E-state index in [9.17, 15) is 9.90 Å². The summed E-state index contributed by atoms with van der Waals surface area (Å²) in [5, 5.41) is 13.3. The van der Waals surface area contributed by atoms with Crippen molar-refractivity contribution in [1.82, 2.24) is 15.0 Å². The highest BCUT2D eigenvalue weighted by Crippen LogP contribution is 2.27. The van der Waals surface area contributed by atoms with E-state index in [1.807, 2.05) is 6.92 Å². The van der Waals surface area contributed by atoms with Gasteiger partial charge in [-0.05, 0) is 24.6 Å². The fourth-order valence-corrected chi connectivity index (χ4v) is 2.66. The van der Waals surface area contributed by atoms with Gasteiger partial charge in [0, 0.05) is 10.4 Å². The zero-order valence-corrected chi connectivity index (χ0v) is 12.5. The fourth-order valence-electron chi connectivity index (χ4n) is 1.93. The van der Waals surface area contributed by atoms with Gasteiger partial charge in [0.05, 0.1) is 5.01 Å². The van der Waals surface area contributed by atoms with Gasteiger partial charge in [-0.3, -0.25) is 4.79 Å². The predicted molar refractivity (Wildman–Crippen MR) is 82.8 cm³/mol. The summed E-state index contributed by atoms with van der Waals surface area (Å²) in [6.45, 7) is 1.86. The Balaban J connectivity index is 2.12. The summed E-state index contributed by atoms with van der Waals surface area (Å²) in [5.74, 6) is -0.0821. The number of H-pyrrole nitrogens is 1. The number of aromatic hydroxyl groups is 1. The maximum absolute atomic E-state index is 12.2. The summed E-state index contributed by atoms with van der Waals surface area (Å²) < 4.78 is 0. The van der Waals surface area contributed by atoms with Crippen LogP contribution in [0.15, 0.2) is 34.4 Å². The van der Waals surface area contributed by atoms with Gasteiger partial charge < -0.3 is 10.1 Å². The van der Waals surface area contributed by atoms with Crippen molar-refractivity contribution < 1.29 is 5.11 Å². The van der Waals surface area contributed by atoms with E-state index in [0.29, 0.717) is 16.3 Å². The number of hydrogen-bond acceptors (Lipinski definition) is 5. The van der Waals surface area contributed by atoms with E-state index in [-0.39, 0.29) is 17.3 Å². The molecule has 21 heavy (non-hydrogen) atoms. The van der Waals surface area contributed by atoms with E-state index >= 15 is 0 Å². The molecule has 2 N–H and O–H groups in total. The number of nitrogens with zero attached hydrogens (tertiary/aromatic N) is 2. The van der Waals surface area contributed by atoms with Crippen LogP contribution in [-0.2, 0) is 0 Å². The third kappa shape index (κ3) is 2.68. The van der Waals surface area contributed by atoms with Crippen molar-refractivity contribution in [2.24, 2.45) is 0 Å². The molecule has 3 rings (SSSR count). The van der Waals surface area contributed by atoms with Crippen LogP contribution in [0.3, 0.4) is 0 Å². The van der Waals surface area contributed by atoms with Crippen LogP contribution in [0.5, 0.6) is 5.88 Å². The Hall–Kier alpha value is -2.18. The largest absolute Gasteiger partial charge is 0.493 e. The molecule has 0 saturated heterocycles. The van der Waals surface area contributed by atoms with Crippen LogP contribution in [0.2, 0.25) is 5.02 Å². The topological polar surface area (TPSA) is 78.9 Å². The number of rotatable bonds is 2. The second-order valence-electron chi connectivity index (χ2n) is 4.37. The van der Waals surface area contributed by atoms with Gasteiger partial charge in [-0.15, -0.1) is 11.3 Å². The van der Waals surface area contributed by atoms with Crippen molar-refractivity contribution in [2.45, 2.75) is 6.92 Å². The lowest BCUT2D eigenvalue weighted by Crippen LogP contribution is -2.12. The number of benzene rings is 1. The number of thiazole rings is 1. The lowest BCUT2D eigenvalue weighted by atomic mass is 10.1. The number of aryl methyl sites for hydroxylation is 1. The van der Waals surface area contributed by atoms with Gasteiger partial charge in [0.25, 0.3) is 5.56 Å². The van der Waals surface area contributed by atoms with Gasteiger partial charge in [0.2, 0.25) is 5.88 Å². The van der Waals surface area contributed by atoms with Crippen LogP contribution in [0.1, 0.15) is 5.01 Å². The molecule has 0 fully saturated rings. The van der Waals surface area contributed by atoms with Crippen molar-refractivity contribution in [3.8, 4) is 28.5 Å². The molecule has 0 radical (unpaired) electrons. The van der Waals surface area contributed by atoms with Crippen molar-refractivity contribution in [3.63, 3.8) is 0 Å². The molecular formula is C14H10ClN3O2S. The third-order valence-electron chi connectivity index (χ3n) is 2.89. The van der Waals surface area contributed by atoms with Crippen LogP contribution < -0.4 is 5.56 Å². The minimum atomic E-state index is -0.425. The summed E-state index contributed by atoms with van der Waals surface area (Å²) in [4.78, 5) is 23.1. The highest BCUT2D eigenvalue weighted by Gasteiger charge is 2.15. The smallest absolute Gasteiger partial charge is 0.262 e. The van der Waals surface area contributed by atoms with Crippen LogP contribution in [0, 0.1) is 6.92 Å². The van der Waals surface area contributed by atoms with Gasteiger partial charge in [-0.1, -0.05) is 23.7 Å². The molecule has 3 aromatic rings. The van der Waals surface area contributed by atoms with Gasteiger partial charge in [0.15, 0.2) is 5.82 Å². The molecule has 0 saturated carbocycles. The van der Waals surface area contributed by atoms with Gasteiger partial charge >= 0.3 is 0 Å². The molecule has 5 nitrogen and oxygen atoms in total. The maximum Gasteiger partial charge on any atom is 0.262 e. The Labute approximate surface area is 128 Å². The molecule has 2 aromatic heterocycles. The van der Waals surface area contributed by atoms with E-state index < -0.39 is 5.56 Å². The molecule has 0 amide bonds. The zero-order chi connectivity index (χ0) is 15.0. The van der Waals surface area contributed by atoms with E-state index in [0.717, 1.165) is 5.01 Å². The lowest BCUT2D eigenvalue weighted by Gasteiger charge is -2.05. The Bertz CT molecular complexity index is 855. The maximum atomic E-state index is 12.2. The molecule has 0 spiro atoms. The molecule has 0 aliphatic rings. The normalized spacial score (nSPS) is 10.8. The first-order valence-electron chi connectivity index (χ1n) is 6.06. The fraction of sp³-hybridized carbons (Fsp3) is 0.0714. The molecule has 0 aliphatic carbocycles. The Morgan fingerprint density at radius 2 is 1.95 bits per heavy atom. The Kier molecular flexibility index (Phi) is 3.48. The molecular weight excluding hydrogens is 310 g/mol. The minimum Gasteiger partial charge on any atom is -0.493 e. The van der Waals surface area contributed by atoms with Crippen molar-refractivity contribution >= 4 is 22.9 Å². The zero-order valence-electron chi connectivity index (χ0n) is 10.9. The van der Waals surface area contributed by atoms with Crippen molar-refractivity contribution in [1.29, 1.82) is 0 Å². The van der Waals surface area contributed by atoms with E-state index in [1.165, 1.54) is 11.3 Å². The summed E-state index contributed by atoms with van der Waals surface area (Å²) >= 11 is 7.26. The molecule has 0 atom stereocenters. The standard InChI is InChI=1S/C14H10ClN3O2S/c1-7-16-10(6-21-7)12-17-13(19)11(14(20)18-12)8-2-4-9(15)5-3-8/h2-6H,1H3,(H2,17,18,19,20). The first kappa shape index (κ1) is 13.8. The van der Waals surface area contributed by atoms with Crippen LogP contribution >= 0.6 is 22.9 Å². The molecule has 1 aromatic carbocycles. The number of nitrogens with one attached hydrogen (secondary N) is 1. The van der Waals surface area contributed by atoms with Crippen LogP contribution in [0.25, 0.3) is 22.6 Å². The monoisotopic (exact) mass is 319 g/mol. The third-order valence-corrected chi connectivity index (χ3v) is 3.92. The summed E-state index contributed by atoms with van der Waals surface area (Å²) in [6, 6.07) is 6.60. The van der Waals surface area contributed by atoms with Gasteiger partial charge in [-0.25, -0.2) is 4.98 Å². The van der Waals surface area contributed by atoms with Gasteiger partial charge in [0.1, 0.15) is 11.3 Å². The second kappa shape index (κ2) is 5.31. The molecule has 0 aliphatic heterocycles. The van der Waals surface area contributed by atoms with Crippen LogP contribution in [-0.4, -0.2) is 20.1 Å². The van der Waals surface area contributed by atoms with E-state index in [2.05, 4.69) is 15.0 Å². The van der Waals surface area contributed by atoms with E-state index in [1.54, 1.807) is 29.6 Å². The quantitative estimate of drug-likeness (QED) is 0.760. The highest BCUT2D eigenvalue weighted by atomic mass is 35.5. The molecule has 0 unspecified atom stereocenters. The van der Waals surface area contributed by atoms with Crippen molar-refractivity contribution in [2.75, 3.05) is 0 Å². The first-order chi connectivity index (χ1) is 10.0. The SMILES string of the molecule is Cc1nc(-c2nc(O)c(-c3ccc(Cl)cc3)c(=O)[nH]2)cs1. The summed E-state index contributed by atoms with van der Waals surface area (Å²) in [6.07, 6.45) is 0. The van der Waals surface area contributed by atoms with Crippen LogP contribution in [0.4, 0.5) is 0 Å². The minimum absolute atomic E-state index is 0.113. The summed E-state index contributed by atoms with van der Waals surface area (Å²) in [5.41, 5.74) is 0.770. The van der Waals surface area contributed by atoms with E-state index in [4.69, 9.17) is 11.6 Å². The highest BCUT2D eigenvalue weighted by molar-refractivity contribution is 7.09. The second-order valence-corrected chi connectivity index (χ2v) is 5.87. The number of aromatic amines is 1. The average Bonchev–Trinajstić information content (AvgIpc) is 2.87. The predicted octanol–water partition coefficient (Wildman–Crippen LogP) is 3.23. The molecule has 7 heteroatoms. The Morgan fingerprint density at radius 3 is 2.52 bits per heavy atom. The molecule has 0 bridgehead atoms. The Morgan fingerprint density at radius 1 is 1.24 bits per heavy atom. The number of aromatic nitrogens is 3. The number of halogens is 1. The van der Waals surface area contributed by atoms with Gasteiger partial charge in [-0.2, -0.15) is 4.98 Å². The van der Waals surface area contributed by atoms with Crippen molar-refractivity contribution in [3.05, 3.63) is 50.0 Å². The molecule has 106 valence electrons. The number of hydrogen-bond donors (Lipinski definition) is 2.